The van der Waals surface area contributed by atoms with Crippen LogP contribution in [0.2, 0.25) is 0 Å². The van der Waals surface area contributed by atoms with Gasteiger partial charge in [0.25, 0.3) is 5.91 Å². The van der Waals surface area contributed by atoms with Crippen molar-refractivity contribution in [2.75, 3.05) is 6.79 Å². The summed E-state index contributed by atoms with van der Waals surface area (Å²) in [4.78, 5) is 24.5. The smallest absolute Gasteiger partial charge is 0.355 e. The van der Waals surface area contributed by atoms with Crippen molar-refractivity contribution in [1.82, 2.24) is 5.32 Å². The van der Waals surface area contributed by atoms with E-state index < -0.39 is 11.9 Å². The minimum absolute atomic E-state index is 0.00559. The molecule has 0 saturated heterocycles. The van der Waals surface area contributed by atoms with E-state index in [9.17, 15) is 9.59 Å². The van der Waals surface area contributed by atoms with E-state index in [4.69, 9.17) is 18.6 Å². The van der Waals surface area contributed by atoms with Gasteiger partial charge in [0.2, 0.25) is 6.79 Å². The zero-order valence-electron chi connectivity index (χ0n) is 13.8. The second-order valence-corrected chi connectivity index (χ2v) is 5.56. The first-order chi connectivity index (χ1) is 12.0. The van der Waals surface area contributed by atoms with E-state index in [1.165, 1.54) is 18.4 Å². The maximum absolute atomic E-state index is 12.3. The molecule has 3 rings (SSSR count). The molecule has 0 fully saturated rings. The number of benzene rings is 1. The maximum atomic E-state index is 12.3. The topological polar surface area (TPSA) is 87.0 Å². The highest BCUT2D eigenvalue weighted by Crippen LogP contribution is 2.33. The van der Waals surface area contributed by atoms with E-state index in [0.29, 0.717) is 17.1 Å². The summed E-state index contributed by atoms with van der Waals surface area (Å²) < 4.78 is 20.8. The minimum atomic E-state index is -0.646. The Morgan fingerprint density at radius 3 is 2.72 bits per heavy atom. The van der Waals surface area contributed by atoms with Gasteiger partial charge in [-0.25, -0.2) is 4.79 Å². The van der Waals surface area contributed by atoms with Crippen molar-refractivity contribution in [3.05, 3.63) is 53.6 Å². The van der Waals surface area contributed by atoms with Gasteiger partial charge in [0.1, 0.15) is 5.70 Å². The molecule has 1 N–H and O–H groups in total. The summed E-state index contributed by atoms with van der Waals surface area (Å²) >= 11 is 0. The molecule has 130 valence electrons. The summed E-state index contributed by atoms with van der Waals surface area (Å²) in [7, 11) is 0. The zero-order valence-corrected chi connectivity index (χ0v) is 13.8. The number of ether oxygens (including phenoxy) is 3. The Labute approximate surface area is 144 Å². The quantitative estimate of drug-likeness (QED) is 0.663. The zero-order chi connectivity index (χ0) is 17.8. The molecule has 0 saturated carbocycles. The number of furan rings is 1. The average Bonchev–Trinajstić information content (AvgIpc) is 3.24. The summed E-state index contributed by atoms with van der Waals surface area (Å²) in [5, 5.41) is 2.52. The lowest BCUT2D eigenvalue weighted by molar-refractivity contribution is -0.142. The highest BCUT2D eigenvalue weighted by Gasteiger charge is 2.19. The Hall–Kier alpha value is -3.22. The van der Waals surface area contributed by atoms with Crippen LogP contribution in [-0.2, 0) is 9.53 Å². The van der Waals surface area contributed by atoms with Gasteiger partial charge >= 0.3 is 5.97 Å². The lowest BCUT2D eigenvalue weighted by Crippen LogP contribution is -2.29. The summed E-state index contributed by atoms with van der Waals surface area (Å²) in [6, 6.07) is 8.27. The molecule has 1 aliphatic rings. The molecule has 0 radical (unpaired) electrons. The van der Waals surface area contributed by atoms with Gasteiger partial charge in [0.05, 0.1) is 12.4 Å². The first kappa shape index (κ1) is 16.6. The number of rotatable bonds is 5. The van der Waals surface area contributed by atoms with Crippen molar-refractivity contribution in [2.24, 2.45) is 0 Å². The van der Waals surface area contributed by atoms with Crippen LogP contribution >= 0.6 is 0 Å². The number of nitrogens with one attached hydrogen (secondary N) is 1. The third-order valence-electron chi connectivity index (χ3n) is 3.26. The summed E-state index contributed by atoms with van der Waals surface area (Å²) in [6.07, 6.45) is 2.56. The second-order valence-electron chi connectivity index (χ2n) is 5.56. The molecule has 0 unspecified atom stereocenters. The fourth-order valence-electron chi connectivity index (χ4n) is 2.18. The molecule has 7 nitrogen and oxygen atoms in total. The Morgan fingerprint density at radius 1 is 1.20 bits per heavy atom. The summed E-state index contributed by atoms with van der Waals surface area (Å²) in [5.41, 5.74) is 0.647. The molecule has 0 atom stereocenters. The van der Waals surface area contributed by atoms with E-state index in [-0.39, 0.29) is 24.4 Å². The Balaban J connectivity index is 1.87. The normalized spacial score (nSPS) is 13.0. The van der Waals surface area contributed by atoms with Crippen molar-refractivity contribution >= 4 is 18.0 Å². The fourth-order valence-corrected chi connectivity index (χ4v) is 2.18. The first-order valence-electron chi connectivity index (χ1n) is 7.70. The SMILES string of the molecule is CC(C)OC(=O)/C(=C\c1ccc2c(c1)OCO2)NC(=O)c1ccco1. The predicted octanol–water partition coefficient (Wildman–Crippen LogP) is 2.73. The predicted molar refractivity (Wildman–Crippen MR) is 87.9 cm³/mol. The first-order valence-corrected chi connectivity index (χ1v) is 7.70. The number of esters is 1. The van der Waals surface area contributed by atoms with Gasteiger partial charge in [-0.05, 0) is 49.8 Å². The third-order valence-corrected chi connectivity index (χ3v) is 3.26. The summed E-state index contributed by atoms with van der Waals surface area (Å²) in [5.74, 6) is 0.102. The van der Waals surface area contributed by atoms with Crippen molar-refractivity contribution in [2.45, 2.75) is 20.0 Å². The van der Waals surface area contributed by atoms with Gasteiger partial charge in [-0.2, -0.15) is 0 Å². The van der Waals surface area contributed by atoms with Gasteiger partial charge in [0.15, 0.2) is 17.3 Å². The van der Waals surface area contributed by atoms with E-state index in [1.807, 2.05) is 0 Å². The van der Waals surface area contributed by atoms with Crippen molar-refractivity contribution in [1.29, 1.82) is 0 Å². The number of fused-ring (bicyclic) bond motifs is 1. The molecule has 0 spiro atoms. The standard InChI is InChI=1S/C18H17NO6/c1-11(2)25-18(21)13(19-17(20)15-4-3-7-22-15)8-12-5-6-14-16(9-12)24-10-23-14/h3-9,11H,10H2,1-2H3,(H,19,20)/b13-8+. The molecular weight excluding hydrogens is 326 g/mol. The molecule has 2 aromatic rings. The highest BCUT2D eigenvalue weighted by molar-refractivity contribution is 6.02. The van der Waals surface area contributed by atoms with E-state index in [0.717, 1.165) is 0 Å². The van der Waals surface area contributed by atoms with Crippen LogP contribution in [0.1, 0.15) is 30.0 Å². The van der Waals surface area contributed by atoms with E-state index >= 15 is 0 Å². The number of amides is 1. The maximum Gasteiger partial charge on any atom is 0.355 e. The van der Waals surface area contributed by atoms with Crippen LogP contribution in [0.25, 0.3) is 6.08 Å². The molecule has 1 aliphatic heterocycles. The molecule has 0 bridgehead atoms. The van der Waals surface area contributed by atoms with E-state index in [1.54, 1.807) is 38.1 Å². The number of hydrogen-bond donors (Lipinski definition) is 1. The largest absolute Gasteiger partial charge is 0.459 e. The van der Waals surface area contributed by atoms with Crippen molar-refractivity contribution in [3.63, 3.8) is 0 Å². The molecule has 2 heterocycles. The van der Waals surface area contributed by atoms with Crippen LogP contribution in [0.4, 0.5) is 0 Å². The Bertz CT molecular complexity index is 807. The average molecular weight is 343 g/mol. The molecular formula is C18H17NO6. The van der Waals surface area contributed by atoms with Crippen molar-refractivity contribution < 1.29 is 28.2 Å². The van der Waals surface area contributed by atoms with Gasteiger partial charge < -0.3 is 23.9 Å². The second kappa shape index (κ2) is 7.12. The van der Waals surface area contributed by atoms with E-state index in [2.05, 4.69) is 5.32 Å². The molecule has 1 aromatic carbocycles. The van der Waals surface area contributed by atoms with Crippen molar-refractivity contribution in [3.8, 4) is 11.5 Å². The highest BCUT2D eigenvalue weighted by atomic mass is 16.7. The van der Waals surface area contributed by atoms with Gasteiger partial charge in [0, 0.05) is 0 Å². The Morgan fingerprint density at radius 2 is 2.00 bits per heavy atom. The van der Waals surface area contributed by atoms with Crippen LogP contribution in [-0.4, -0.2) is 24.8 Å². The number of carbonyl (C=O) groups excluding carboxylic acids is 2. The van der Waals surface area contributed by atoms with Gasteiger partial charge in [-0.1, -0.05) is 6.07 Å². The summed E-state index contributed by atoms with van der Waals surface area (Å²) in [6.45, 7) is 3.61. The van der Waals surface area contributed by atoms with Crippen LogP contribution < -0.4 is 14.8 Å². The molecule has 7 heteroatoms. The van der Waals surface area contributed by atoms with Crippen LogP contribution in [0.5, 0.6) is 11.5 Å². The number of hydrogen-bond acceptors (Lipinski definition) is 6. The molecule has 1 amide bonds. The Kier molecular flexibility index (Phi) is 4.74. The molecule has 0 aliphatic carbocycles. The minimum Gasteiger partial charge on any atom is -0.459 e. The van der Waals surface area contributed by atoms with Crippen LogP contribution in [0.15, 0.2) is 46.7 Å². The fraction of sp³-hybridized carbons (Fsp3) is 0.222. The monoisotopic (exact) mass is 343 g/mol. The lowest BCUT2D eigenvalue weighted by atomic mass is 10.1. The van der Waals surface area contributed by atoms with Gasteiger partial charge in [-0.15, -0.1) is 0 Å². The lowest BCUT2D eigenvalue weighted by Gasteiger charge is -2.12. The van der Waals surface area contributed by atoms with Crippen LogP contribution in [0, 0.1) is 0 Å². The van der Waals surface area contributed by atoms with Gasteiger partial charge in [-0.3, -0.25) is 4.79 Å². The number of carbonyl (C=O) groups is 2. The third kappa shape index (κ3) is 4.00. The molecule has 1 aromatic heterocycles. The van der Waals surface area contributed by atoms with Crippen LogP contribution in [0.3, 0.4) is 0 Å². The molecule has 25 heavy (non-hydrogen) atoms.